The molecule has 1 saturated carbocycles. The fraction of sp³-hybridized carbons (Fsp3) is 0.526. The van der Waals surface area contributed by atoms with Gasteiger partial charge in [0, 0.05) is 52.4 Å². The molecule has 3 aromatic carbocycles. The summed E-state index contributed by atoms with van der Waals surface area (Å²) in [6.45, 7) is 27.8. The van der Waals surface area contributed by atoms with Gasteiger partial charge in [-0.2, -0.15) is 0 Å². The Morgan fingerprint density at radius 2 is 1.59 bits per heavy atom. The van der Waals surface area contributed by atoms with E-state index in [4.69, 9.17) is 31.8 Å². The first-order valence-corrected chi connectivity index (χ1v) is 28.3. The van der Waals surface area contributed by atoms with Crippen LogP contribution < -0.4 is 9.28 Å². The van der Waals surface area contributed by atoms with Crippen LogP contribution in [0.2, 0.25) is 5.02 Å². The maximum absolute atomic E-state index is 14.8. The molecular weight excluding hydrogens is 1090 g/mol. The maximum atomic E-state index is 14.8. The molecule has 1 aliphatic heterocycles. The largest absolute Gasteiger partial charge is 0.662 e. The molecule has 21 heteroatoms. The van der Waals surface area contributed by atoms with Crippen LogP contribution >= 0.6 is 11.6 Å². The van der Waals surface area contributed by atoms with Crippen LogP contribution in [0.4, 0.5) is 22.9 Å². The molecule has 0 spiro atoms. The van der Waals surface area contributed by atoms with E-state index >= 15 is 0 Å². The van der Waals surface area contributed by atoms with Crippen LogP contribution in [-0.2, 0) is 44.2 Å². The minimum atomic E-state index is -1.77. The molecule has 7 rings (SSSR count). The third-order valence-electron chi connectivity index (χ3n) is 13.9. The van der Waals surface area contributed by atoms with Gasteiger partial charge >= 0.3 is 11.9 Å². The number of benzene rings is 3. The summed E-state index contributed by atoms with van der Waals surface area (Å²) in [7, 11) is 0. The number of fused-ring (bicyclic) bond motifs is 1. The number of halogens is 1. The van der Waals surface area contributed by atoms with Crippen molar-refractivity contribution in [1.82, 2.24) is 14.6 Å². The molecule has 18 nitrogen and oxygen atoms in total. The number of rotatable bonds is 19. The number of hydrogen-bond acceptors (Lipinski definition) is 12. The van der Waals surface area contributed by atoms with Crippen LogP contribution in [0.15, 0.2) is 70.9 Å². The molecule has 5 aromatic rings. The van der Waals surface area contributed by atoms with Gasteiger partial charge in [-0.15, -0.1) is 29.9 Å². The van der Waals surface area contributed by atoms with Crippen molar-refractivity contribution >= 4 is 69.1 Å². The maximum Gasteiger partial charge on any atom is 0.338 e. The summed E-state index contributed by atoms with van der Waals surface area (Å²) < 4.78 is 30.8. The summed E-state index contributed by atoms with van der Waals surface area (Å²) in [6, 6.07) is 14.8. The number of nitrogens with zero attached hydrogens (tertiary/aromatic N) is 9. The van der Waals surface area contributed by atoms with E-state index in [1.807, 2.05) is 0 Å². The molecule has 1 saturated heterocycles. The van der Waals surface area contributed by atoms with Crippen molar-refractivity contribution in [3.05, 3.63) is 120 Å². The summed E-state index contributed by atoms with van der Waals surface area (Å²) in [6.07, 6.45) is 12.6. The Labute approximate surface area is 476 Å². The van der Waals surface area contributed by atoms with Gasteiger partial charge in [0.15, 0.2) is 5.82 Å². The summed E-state index contributed by atoms with van der Waals surface area (Å²) in [5.41, 5.74) is -0.851. The fourth-order valence-corrected chi connectivity index (χ4v) is 10.4. The number of carbonyl (C=O) groups excluding carboxylic acids is 3. The van der Waals surface area contributed by atoms with Gasteiger partial charge in [0.25, 0.3) is 5.69 Å². The Morgan fingerprint density at radius 3 is 2.19 bits per heavy atom. The van der Waals surface area contributed by atoms with E-state index < -0.39 is 45.6 Å². The first kappa shape index (κ1) is 62.9. The van der Waals surface area contributed by atoms with Gasteiger partial charge in [0.05, 0.1) is 40.8 Å². The predicted molar refractivity (Wildman–Crippen MR) is 299 cm³/mol. The summed E-state index contributed by atoms with van der Waals surface area (Å²) in [4.78, 5) is 61.7. The van der Waals surface area contributed by atoms with Crippen LogP contribution in [0, 0.1) is 45.3 Å². The molecule has 78 heavy (non-hydrogen) atoms. The molecule has 2 aromatic heterocycles. The van der Waals surface area contributed by atoms with Crippen molar-refractivity contribution in [3.8, 4) is 17.1 Å². The van der Waals surface area contributed by atoms with Crippen LogP contribution in [0.3, 0.4) is 0 Å². The number of aromatic nitrogens is 3. The van der Waals surface area contributed by atoms with Gasteiger partial charge in [-0.05, 0) is 77.7 Å². The average Bonchev–Trinajstić information content (AvgIpc) is 3.96. The summed E-state index contributed by atoms with van der Waals surface area (Å²) >= 11 is 4.38. The second kappa shape index (κ2) is 28.8. The standard InChI is InChI=1S/C52H63ClN8O9S.C5H10N.Cu/c1-11-12-13-14-15-18-25-68-49(63)35-20-17-16-19-33(35)30-55-48(62)36-29-34(70-71(10)67)22-24-40(36)57-58-47-43(54-9)42(46-56-45(59-60(46)47)32-21-23-39(53)41(28-32)61(65)66)50(64)69-44-37(51(3,4)5)26-31(2)27-38(44)52(6,7)8;1-2-4-6-5-3-1;/h16-17,19-24,28-29,31,37-38,44H,11-15,18,25-27,30H2,1-8,10H3,(H2,55,56,57,59,62,64);1-5H2;/q;-1;/p-2. The van der Waals surface area contributed by atoms with E-state index in [0.29, 0.717) is 11.5 Å². The smallest absolute Gasteiger partial charge is 0.338 e. The SMILES string of the molecule is C1CC[N-]CC1.[C-]#[N+]c1c(C(=O)OC2C(C(C)(C)C)CC(C)CC2C(C)(C)C)c2nc(-c3ccc(Cl)c([N+](=O)[O-])c3)[n-]n2c1N=Nc1ccc(OS(C)=O)cc1C(=O)[N-]Cc1ccccc1C(=O)OCCCCCCCC.[Cu]. The van der Waals surface area contributed by atoms with E-state index in [0.717, 1.165) is 62.6 Å². The second-order valence-electron chi connectivity index (χ2n) is 21.9. The Kier molecular flexibility index (Phi) is 23.2. The minimum absolute atomic E-state index is 0. The first-order valence-electron chi connectivity index (χ1n) is 26.4. The fourth-order valence-electron chi connectivity index (χ4n) is 9.81. The number of ether oxygens (including phenoxy) is 2. The first-order chi connectivity index (χ1) is 36.6. The Balaban J connectivity index is 0.00000150. The molecule has 0 bridgehead atoms. The Hall–Kier alpha value is -5.97. The number of nitro groups is 1. The van der Waals surface area contributed by atoms with Gasteiger partial charge in [0.2, 0.25) is 16.8 Å². The number of nitro benzene ring substituents is 1. The predicted octanol–water partition coefficient (Wildman–Crippen LogP) is 15.2. The van der Waals surface area contributed by atoms with Gasteiger partial charge in [-0.1, -0.05) is 148 Å². The van der Waals surface area contributed by atoms with Crippen molar-refractivity contribution in [3.63, 3.8) is 0 Å². The van der Waals surface area contributed by atoms with E-state index in [-0.39, 0.29) is 115 Å². The van der Waals surface area contributed by atoms with Crippen molar-refractivity contribution < 1.29 is 54.2 Å². The van der Waals surface area contributed by atoms with Crippen LogP contribution in [0.1, 0.15) is 163 Å². The van der Waals surface area contributed by atoms with Crippen molar-refractivity contribution in [2.24, 2.45) is 38.8 Å². The molecule has 2 aliphatic rings. The Bertz CT molecular complexity index is 2960. The van der Waals surface area contributed by atoms with E-state index in [2.05, 4.69) is 91.2 Å². The molecule has 1 amide bonds. The zero-order chi connectivity index (χ0) is 56.0. The van der Waals surface area contributed by atoms with Crippen molar-refractivity contribution in [2.45, 2.75) is 139 Å². The molecule has 1 radical (unpaired) electrons. The van der Waals surface area contributed by atoms with E-state index in [1.165, 1.54) is 68.3 Å². The summed E-state index contributed by atoms with van der Waals surface area (Å²) in [5.74, 6) is -2.12. The molecule has 1 aliphatic carbocycles. The monoisotopic (exact) mass is 1160 g/mol. The van der Waals surface area contributed by atoms with Crippen LogP contribution in [0.5, 0.6) is 5.75 Å². The average molecular weight is 1160 g/mol. The third-order valence-corrected chi connectivity index (χ3v) is 14.7. The summed E-state index contributed by atoms with van der Waals surface area (Å²) in [5, 5.41) is 33.7. The zero-order valence-corrected chi connectivity index (χ0v) is 48.5. The van der Waals surface area contributed by atoms with Gasteiger partial charge in [-0.25, -0.2) is 18.6 Å². The zero-order valence-electron chi connectivity index (χ0n) is 46.0. The van der Waals surface area contributed by atoms with E-state index in [9.17, 15) is 28.7 Å². The van der Waals surface area contributed by atoms with E-state index in [1.54, 1.807) is 24.3 Å². The van der Waals surface area contributed by atoms with Gasteiger partial charge < -0.3 is 43.7 Å². The number of hydrogen-bond donors (Lipinski definition) is 0. The van der Waals surface area contributed by atoms with Crippen molar-refractivity contribution in [1.29, 1.82) is 0 Å². The van der Waals surface area contributed by atoms with Gasteiger partial charge in [0.1, 0.15) is 16.9 Å². The number of azo groups is 1. The number of unbranched alkanes of at least 4 members (excludes halogenated alkanes) is 5. The van der Waals surface area contributed by atoms with Gasteiger partial charge in [-0.3, -0.25) is 10.1 Å². The van der Waals surface area contributed by atoms with Crippen molar-refractivity contribution in [2.75, 3.05) is 26.0 Å². The number of esters is 2. The second-order valence-corrected chi connectivity index (χ2v) is 23.3. The minimum Gasteiger partial charge on any atom is -0.662 e. The molecule has 0 N–H and O–H groups in total. The normalized spacial score (nSPS) is 18.0. The number of carbonyl (C=O) groups is 3. The molecule has 3 unspecified atom stereocenters. The molecule has 2 fully saturated rings. The molecule has 3 heterocycles. The molecule has 425 valence electrons. The number of amides is 1. The molecule has 3 atom stereocenters. The van der Waals surface area contributed by atoms with Crippen LogP contribution in [0.25, 0.3) is 32.5 Å². The third kappa shape index (κ3) is 16.5. The Morgan fingerprint density at radius 1 is 0.923 bits per heavy atom. The topological polar surface area (TPSA) is 228 Å². The number of piperidine rings is 1. The van der Waals surface area contributed by atoms with Crippen LogP contribution in [-0.4, -0.2) is 68.5 Å². The molecular formula is C57H71ClCuN9O9S-3. The quantitative estimate of drug-likeness (QED) is 0.0144.